The van der Waals surface area contributed by atoms with Crippen molar-refractivity contribution in [3.63, 3.8) is 0 Å². The fraction of sp³-hybridized carbons (Fsp3) is 0.368. The van der Waals surface area contributed by atoms with Gasteiger partial charge in [-0.05, 0) is 48.1 Å². The molecule has 3 rings (SSSR count). The highest BCUT2D eigenvalue weighted by molar-refractivity contribution is 6.32. The van der Waals surface area contributed by atoms with E-state index in [2.05, 4.69) is 29.6 Å². The standard InChI is InChI=1S/C19H22ClNO2.ClH/c1-22-18-11-13(10-16(20)19(18)23-2)12-21-17-9-5-7-14-6-3-4-8-15(14)17;/h3-4,6,8,10-11,17,21H,5,7,9,12H2,1-2H3;1H. The molecule has 1 aliphatic rings. The van der Waals surface area contributed by atoms with Crippen LogP contribution in [0, 0.1) is 0 Å². The van der Waals surface area contributed by atoms with E-state index in [1.165, 1.54) is 24.0 Å². The van der Waals surface area contributed by atoms with Crippen molar-refractivity contribution in [2.45, 2.75) is 31.8 Å². The molecule has 2 aromatic rings. The van der Waals surface area contributed by atoms with Crippen LogP contribution >= 0.6 is 24.0 Å². The molecule has 0 saturated carbocycles. The molecule has 0 aromatic heterocycles. The lowest BCUT2D eigenvalue weighted by molar-refractivity contribution is 0.354. The van der Waals surface area contributed by atoms with Crippen molar-refractivity contribution in [1.82, 2.24) is 5.32 Å². The number of rotatable bonds is 5. The Morgan fingerprint density at radius 2 is 1.96 bits per heavy atom. The summed E-state index contributed by atoms with van der Waals surface area (Å²) in [5.74, 6) is 1.25. The van der Waals surface area contributed by atoms with Crippen LogP contribution < -0.4 is 14.8 Å². The molecule has 0 spiro atoms. The van der Waals surface area contributed by atoms with Gasteiger partial charge in [0.15, 0.2) is 11.5 Å². The van der Waals surface area contributed by atoms with Crippen LogP contribution in [0.2, 0.25) is 5.02 Å². The molecule has 3 nitrogen and oxygen atoms in total. The predicted molar refractivity (Wildman–Crippen MR) is 101 cm³/mol. The van der Waals surface area contributed by atoms with Crippen LogP contribution in [0.5, 0.6) is 11.5 Å². The third-order valence-corrected chi connectivity index (χ3v) is 4.70. The summed E-state index contributed by atoms with van der Waals surface area (Å²) in [4.78, 5) is 0. The minimum atomic E-state index is 0. The number of hydrogen-bond acceptors (Lipinski definition) is 3. The number of ether oxygens (including phenoxy) is 2. The molecule has 0 aliphatic heterocycles. The van der Waals surface area contributed by atoms with Gasteiger partial charge in [-0.25, -0.2) is 0 Å². The lowest BCUT2D eigenvalue weighted by Crippen LogP contribution is -2.24. The molecule has 1 aliphatic carbocycles. The Balaban J connectivity index is 0.00000208. The van der Waals surface area contributed by atoms with Gasteiger partial charge in [-0.2, -0.15) is 0 Å². The zero-order valence-corrected chi connectivity index (χ0v) is 15.5. The fourth-order valence-corrected chi connectivity index (χ4v) is 3.59. The lowest BCUT2D eigenvalue weighted by atomic mass is 9.87. The Hall–Kier alpha value is -1.42. The van der Waals surface area contributed by atoms with Gasteiger partial charge in [0, 0.05) is 12.6 Å². The van der Waals surface area contributed by atoms with Gasteiger partial charge in [0.25, 0.3) is 0 Å². The van der Waals surface area contributed by atoms with Crippen LogP contribution in [0.25, 0.3) is 0 Å². The summed E-state index contributed by atoms with van der Waals surface area (Å²) in [7, 11) is 3.23. The highest BCUT2D eigenvalue weighted by Crippen LogP contribution is 2.36. The largest absolute Gasteiger partial charge is 0.493 e. The summed E-state index contributed by atoms with van der Waals surface area (Å²) < 4.78 is 10.7. The summed E-state index contributed by atoms with van der Waals surface area (Å²) in [6.07, 6.45) is 3.57. The summed E-state index contributed by atoms with van der Waals surface area (Å²) in [6.45, 7) is 0.749. The normalized spacial score (nSPS) is 16.0. The lowest BCUT2D eigenvalue weighted by Gasteiger charge is -2.26. The second kappa shape index (κ2) is 8.61. The first-order chi connectivity index (χ1) is 11.2. The fourth-order valence-electron chi connectivity index (χ4n) is 3.28. The van der Waals surface area contributed by atoms with Gasteiger partial charge in [-0.1, -0.05) is 35.9 Å². The molecule has 1 unspecified atom stereocenters. The molecule has 0 radical (unpaired) electrons. The van der Waals surface area contributed by atoms with E-state index in [4.69, 9.17) is 21.1 Å². The molecule has 130 valence electrons. The van der Waals surface area contributed by atoms with Crippen LogP contribution in [-0.4, -0.2) is 14.2 Å². The summed E-state index contributed by atoms with van der Waals surface area (Å²) in [6, 6.07) is 13.0. The van der Waals surface area contributed by atoms with Gasteiger partial charge in [-0.3, -0.25) is 0 Å². The third-order valence-electron chi connectivity index (χ3n) is 4.42. The highest BCUT2D eigenvalue weighted by atomic mass is 35.5. The highest BCUT2D eigenvalue weighted by Gasteiger charge is 2.19. The third kappa shape index (κ3) is 3.97. The Morgan fingerprint density at radius 3 is 2.71 bits per heavy atom. The second-order valence-electron chi connectivity index (χ2n) is 5.84. The first kappa shape index (κ1) is 18.9. The molecule has 0 amide bonds. The predicted octanol–water partition coefficient (Wildman–Crippen LogP) is 4.95. The van der Waals surface area contributed by atoms with Crippen molar-refractivity contribution in [3.05, 3.63) is 58.1 Å². The van der Waals surface area contributed by atoms with Crippen molar-refractivity contribution in [2.24, 2.45) is 0 Å². The monoisotopic (exact) mass is 367 g/mol. The second-order valence-corrected chi connectivity index (χ2v) is 6.24. The average molecular weight is 368 g/mol. The Labute approximate surface area is 154 Å². The van der Waals surface area contributed by atoms with Gasteiger partial charge in [0.05, 0.1) is 19.2 Å². The number of methoxy groups -OCH3 is 2. The van der Waals surface area contributed by atoms with Crippen molar-refractivity contribution in [2.75, 3.05) is 14.2 Å². The molecule has 1 N–H and O–H groups in total. The molecule has 0 heterocycles. The van der Waals surface area contributed by atoms with Crippen molar-refractivity contribution in [1.29, 1.82) is 0 Å². The molecule has 5 heteroatoms. The van der Waals surface area contributed by atoms with Gasteiger partial charge < -0.3 is 14.8 Å². The molecular formula is C19H23Cl2NO2. The topological polar surface area (TPSA) is 30.5 Å². The van der Waals surface area contributed by atoms with Gasteiger partial charge in [0.1, 0.15) is 0 Å². The maximum Gasteiger partial charge on any atom is 0.179 e. The van der Waals surface area contributed by atoms with Gasteiger partial charge in [-0.15, -0.1) is 12.4 Å². The number of aryl methyl sites for hydroxylation is 1. The van der Waals surface area contributed by atoms with E-state index in [-0.39, 0.29) is 12.4 Å². The van der Waals surface area contributed by atoms with Crippen molar-refractivity contribution >= 4 is 24.0 Å². The van der Waals surface area contributed by atoms with Crippen molar-refractivity contribution < 1.29 is 9.47 Å². The van der Waals surface area contributed by atoms with E-state index >= 15 is 0 Å². The maximum absolute atomic E-state index is 6.28. The first-order valence-corrected chi connectivity index (χ1v) is 8.32. The number of hydrogen-bond donors (Lipinski definition) is 1. The van der Waals surface area contributed by atoms with Crippen LogP contribution in [0.3, 0.4) is 0 Å². The zero-order chi connectivity index (χ0) is 16.2. The van der Waals surface area contributed by atoms with E-state index in [1.54, 1.807) is 14.2 Å². The van der Waals surface area contributed by atoms with E-state index < -0.39 is 0 Å². The van der Waals surface area contributed by atoms with Gasteiger partial charge >= 0.3 is 0 Å². The van der Waals surface area contributed by atoms with E-state index in [0.29, 0.717) is 22.6 Å². The van der Waals surface area contributed by atoms with Crippen LogP contribution in [0.4, 0.5) is 0 Å². The van der Waals surface area contributed by atoms with E-state index in [0.717, 1.165) is 18.5 Å². The molecule has 0 saturated heterocycles. The zero-order valence-electron chi connectivity index (χ0n) is 14.0. The molecule has 0 bridgehead atoms. The van der Waals surface area contributed by atoms with Crippen LogP contribution in [-0.2, 0) is 13.0 Å². The number of fused-ring (bicyclic) bond motifs is 1. The maximum atomic E-state index is 6.28. The Morgan fingerprint density at radius 1 is 1.17 bits per heavy atom. The SMILES string of the molecule is COc1cc(CNC2CCCc3ccccc32)cc(Cl)c1OC.Cl. The van der Waals surface area contributed by atoms with Crippen molar-refractivity contribution in [3.8, 4) is 11.5 Å². The molecule has 1 atom stereocenters. The molecular weight excluding hydrogens is 345 g/mol. The Kier molecular flexibility index (Phi) is 6.79. The number of benzene rings is 2. The minimum Gasteiger partial charge on any atom is -0.493 e. The molecule has 0 fully saturated rings. The summed E-state index contributed by atoms with van der Waals surface area (Å²) in [5, 5.41) is 4.23. The number of halogens is 2. The van der Waals surface area contributed by atoms with Crippen LogP contribution in [0.15, 0.2) is 36.4 Å². The quantitative estimate of drug-likeness (QED) is 0.810. The summed E-state index contributed by atoms with van der Waals surface area (Å²) in [5.41, 5.74) is 3.97. The molecule has 2 aromatic carbocycles. The van der Waals surface area contributed by atoms with E-state index in [1.807, 2.05) is 12.1 Å². The number of nitrogens with one attached hydrogen (secondary N) is 1. The Bertz CT molecular complexity index is 691. The van der Waals surface area contributed by atoms with Crippen LogP contribution in [0.1, 0.15) is 35.6 Å². The smallest absolute Gasteiger partial charge is 0.179 e. The first-order valence-electron chi connectivity index (χ1n) is 7.94. The summed E-state index contributed by atoms with van der Waals surface area (Å²) >= 11 is 6.28. The van der Waals surface area contributed by atoms with Gasteiger partial charge in [0.2, 0.25) is 0 Å². The average Bonchev–Trinajstić information content (AvgIpc) is 2.59. The minimum absolute atomic E-state index is 0. The molecule has 24 heavy (non-hydrogen) atoms. The van der Waals surface area contributed by atoms with E-state index in [9.17, 15) is 0 Å².